The van der Waals surface area contributed by atoms with Crippen LogP contribution < -0.4 is 5.32 Å². The lowest BCUT2D eigenvalue weighted by molar-refractivity contribution is -0.137. The molecule has 1 N–H and O–H groups in total. The Morgan fingerprint density at radius 3 is 2.28 bits per heavy atom. The molecule has 0 saturated carbocycles. The van der Waals surface area contributed by atoms with E-state index in [0.29, 0.717) is 43.1 Å². The zero-order chi connectivity index (χ0) is 23.6. The zero-order valence-corrected chi connectivity index (χ0v) is 20.7. The Morgan fingerprint density at radius 1 is 1.12 bits per heavy atom. The normalized spacial score (nSPS) is 16.2. The number of alkyl halides is 3. The lowest BCUT2D eigenvalue weighted by Gasteiger charge is -2.27. The summed E-state index contributed by atoms with van der Waals surface area (Å²) in [6.45, 7) is 0.628. The molecule has 3 amide bonds. The van der Waals surface area contributed by atoms with Gasteiger partial charge in [-0.15, -0.1) is 0 Å². The van der Waals surface area contributed by atoms with E-state index in [4.69, 9.17) is 34.8 Å². The number of anilines is 1. The van der Waals surface area contributed by atoms with Crippen LogP contribution in [0.1, 0.15) is 24.0 Å². The summed E-state index contributed by atoms with van der Waals surface area (Å²) in [7, 11) is 0. The molecule has 0 aliphatic carbocycles. The molecule has 2 aromatic rings. The summed E-state index contributed by atoms with van der Waals surface area (Å²) in [5.74, 6) is -0.266. The second-order valence-electron chi connectivity index (χ2n) is 7.08. The molecule has 1 aliphatic rings. The van der Waals surface area contributed by atoms with Crippen LogP contribution in [0.2, 0.25) is 15.1 Å². The maximum Gasteiger partial charge on any atom is 0.416 e. The number of carbonyl (C=O) groups is 2. The fraction of sp³-hybridized carbons (Fsp3) is 0.300. The molecule has 1 aliphatic heterocycles. The Morgan fingerprint density at radius 2 is 1.72 bits per heavy atom. The van der Waals surface area contributed by atoms with E-state index in [-0.39, 0.29) is 21.6 Å². The number of amides is 3. The number of halogens is 7. The molecule has 3 rings (SSSR count). The van der Waals surface area contributed by atoms with Crippen molar-refractivity contribution >= 4 is 75.3 Å². The van der Waals surface area contributed by atoms with Gasteiger partial charge in [-0.2, -0.15) is 13.2 Å². The second kappa shape index (κ2) is 10.2. The summed E-state index contributed by atoms with van der Waals surface area (Å²) < 4.78 is 40.2. The first kappa shape index (κ1) is 25.2. The Bertz CT molecular complexity index is 998. The molecular weight excluding hydrogens is 604 g/mol. The third-order valence-corrected chi connectivity index (χ3v) is 6.54. The van der Waals surface area contributed by atoms with Crippen LogP contribution >= 0.6 is 57.7 Å². The number of nitrogens with zero attached hydrogens (tertiary/aromatic N) is 2. The summed E-state index contributed by atoms with van der Waals surface area (Å²) >= 11 is 19.6. The Hall–Kier alpha value is -1.43. The Labute approximate surface area is 211 Å². The Kier molecular flexibility index (Phi) is 8.06. The van der Waals surface area contributed by atoms with Gasteiger partial charge in [-0.05, 0) is 42.7 Å². The minimum atomic E-state index is -4.63. The SMILES string of the molecule is O=C([C@H]1CCCN1C(=O)Nc1c(Cl)cc(C(F)(F)F)cc1Cl)N(I)Cc1ccc(Cl)cc1. The van der Waals surface area contributed by atoms with Gasteiger partial charge in [0.15, 0.2) is 0 Å². The van der Waals surface area contributed by atoms with Crippen LogP contribution in [-0.2, 0) is 17.5 Å². The van der Waals surface area contributed by atoms with Gasteiger partial charge in [0.05, 0.1) is 50.7 Å². The van der Waals surface area contributed by atoms with Crippen molar-refractivity contribution in [1.29, 1.82) is 0 Å². The van der Waals surface area contributed by atoms with E-state index in [0.717, 1.165) is 5.56 Å². The number of urea groups is 1. The molecular formula is C20H16Cl3F3IN3O2. The molecule has 0 radical (unpaired) electrons. The number of nitrogens with one attached hydrogen (secondary N) is 1. The number of hydrogen-bond donors (Lipinski definition) is 1. The minimum Gasteiger partial charge on any atom is -0.312 e. The van der Waals surface area contributed by atoms with Crippen LogP contribution in [-0.4, -0.2) is 32.5 Å². The van der Waals surface area contributed by atoms with Crippen molar-refractivity contribution < 1.29 is 22.8 Å². The van der Waals surface area contributed by atoms with E-state index >= 15 is 0 Å². The molecule has 0 aromatic heterocycles. The van der Waals surface area contributed by atoms with E-state index in [2.05, 4.69) is 5.32 Å². The molecule has 1 saturated heterocycles. The van der Waals surface area contributed by atoms with Crippen molar-refractivity contribution in [2.45, 2.75) is 31.6 Å². The van der Waals surface area contributed by atoms with Crippen LogP contribution in [0.25, 0.3) is 0 Å². The summed E-state index contributed by atoms with van der Waals surface area (Å²) in [6.07, 6.45) is -3.57. The highest BCUT2D eigenvalue weighted by Crippen LogP contribution is 2.39. The van der Waals surface area contributed by atoms with Crippen molar-refractivity contribution in [3.63, 3.8) is 0 Å². The van der Waals surface area contributed by atoms with Crippen molar-refractivity contribution in [1.82, 2.24) is 8.01 Å². The average molecular weight is 621 g/mol. The van der Waals surface area contributed by atoms with Crippen molar-refractivity contribution in [3.05, 3.63) is 62.6 Å². The molecule has 2 aromatic carbocycles. The smallest absolute Gasteiger partial charge is 0.312 e. The highest BCUT2D eigenvalue weighted by Gasteiger charge is 2.37. The van der Waals surface area contributed by atoms with Gasteiger partial charge < -0.3 is 10.2 Å². The monoisotopic (exact) mass is 619 g/mol. The lowest BCUT2D eigenvalue weighted by Crippen LogP contribution is -2.46. The molecule has 1 heterocycles. The molecule has 1 fully saturated rings. The minimum absolute atomic E-state index is 0.142. The fourth-order valence-corrected chi connectivity index (χ4v) is 4.71. The van der Waals surface area contributed by atoms with Gasteiger partial charge in [0.2, 0.25) is 0 Å². The third-order valence-electron chi connectivity index (χ3n) is 4.87. The van der Waals surface area contributed by atoms with Crippen molar-refractivity contribution in [2.24, 2.45) is 0 Å². The van der Waals surface area contributed by atoms with Crippen molar-refractivity contribution in [2.75, 3.05) is 11.9 Å². The van der Waals surface area contributed by atoms with Gasteiger partial charge in [0.25, 0.3) is 5.91 Å². The van der Waals surface area contributed by atoms with Crippen LogP contribution in [0, 0.1) is 0 Å². The van der Waals surface area contributed by atoms with Crippen LogP contribution in [0.5, 0.6) is 0 Å². The van der Waals surface area contributed by atoms with E-state index in [1.54, 1.807) is 24.3 Å². The second-order valence-corrected chi connectivity index (χ2v) is 9.49. The third kappa shape index (κ3) is 5.92. The zero-order valence-electron chi connectivity index (χ0n) is 16.2. The molecule has 172 valence electrons. The maximum atomic E-state index is 13.0. The lowest BCUT2D eigenvalue weighted by atomic mass is 10.2. The van der Waals surface area contributed by atoms with Crippen molar-refractivity contribution in [3.8, 4) is 0 Å². The van der Waals surface area contributed by atoms with Crippen LogP contribution in [0.3, 0.4) is 0 Å². The molecule has 12 heteroatoms. The largest absolute Gasteiger partial charge is 0.416 e. The molecule has 0 unspecified atom stereocenters. The quantitative estimate of drug-likeness (QED) is 0.295. The molecule has 0 bridgehead atoms. The summed E-state index contributed by atoms with van der Waals surface area (Å²) in [5, 5.41) is 2.33. The predicted octanol–water partition coefficient (Wildman–Crippen LogP) is 7.04. The number of rotatable bonds is 4. The average Bonchev–Trinajstić information content (AvgIpc) is 3.20. The first-order chi connectivity index (χ1) is 15.0. The summed E-state index contributed by atoms with van der Waals surface area (Å²) in [4.78, 5) is 27.1. The van der Waals surface area contributed by atoms with Gasteiger partial charge in [0.1, 0.15) is 6.04 Å². The highest BCUT2D eigenvalue weighted by molar-refractivity contribution is 14.1. The molecule has 32 heavy (non-hydrogen) atoms. The summed E-state index contributed by atoms with van der Waals surface area (Å²) in [5.41, 5.74) is -0.297. The fourth-order valence-electron chi connectivity index (χ4n) is 3.29. The van der Waals surface area contributed by atoms with Gasteiger partial charge in [-0.1, -0.05) is 46.9 Å². The van der Waals surface area contributed by atoms with E-state index < -0.39 is 23.8 Å². The van der Waals surface area contributed by atoms with Crippen LogP contribution in [0.4, 0.5) is 23.7 Å². The van der Waals surface area contributed by atoms with E-state index in [1.165, 1.54) is 8.01 Å². The number of carbonyl (C=O) groups excluding carboxylic acids is 2. The standard InChI is InChI=1S/C20H16Cl3F3IN3O2/c21-13-5-3-11(4-6-13)10-30(27)18(31)16-2-1-7-29(16)19(32)28-17-14(22)8-12(9-15(17)23)20(24,25)26/h3-6,8-9,16H,1-2,7,10H2,(H,28,32)/t16-/m1/s1. The number of hydrogen-bond acceptors (Lipinski definition) is 2. The first-order valence-electron chi connectivity index (χ1n) is 9.33. The number of likely N-dealkylation sites (tertiary alicyclic amines) is 1. The van der Waals surface area contributed by atoms with Gasteiger partial charge >= 0.3 is 12.2 Å². The van der Waals surface area contributed by atoms with Crippen LogP contribution in [0.15, 0.2) is 36.4 Å². The molecule has 5 nitrogen and oxygen atoms in total. The maximum absolute atomic E-state index is 13.0. The molecule has 1 atom stereocenters. The Balaban J connectivity index is 1.71. The van der Waals surface area contributed by atoms with E-state index in [1.807, 2.05) is 22.9 Å². The summed E-state index contributed by atoms with van der Waals surface area (Å²) in [6, 6.07) is 7.04. The number of benzene rings is 2. The van der Waals surface area contributed by atoms with Gasteiger partial charge in [0, 0.05) is 11.6 Å². The topological polar surface area (TPSA) is 52.7 Å². The molecule has 0 spiro atoms. The first-order valence-corrected chi connectivity index (χ1v) is 11.4. The van der Waals surface area contributed by atoms with Gasteiger partial charge in [-0.25, -0.2) is 4.79 Å². The van der Waals surface area contributed by atoms with E-state index in [9.17, 15) is 22.8 Å². The predicted molar refractivity (Wildman–Crippen MR) is 126 cm³/mol. The van der Waals surface area contributed by atoms with Gasteiger partial charge in [-0.3, -0.25) is 7.91 Å². The highest BCUT2D eigenvalue weighted by atomic mass is 127.